The Balaban J connectivity index is 0.00000312. The Morgan fingerprint density at radius 1 is 1.04 bits per heavy atom. The number of hydrogen-bond acceptors (Lipinski definition) is 2. The van der Waals surface area contributed by atoms with Gasteiger partial charge in [0.05, 0.1) is 12.6 Å². The first-order valence-corrected chi connectivity index (χ1v) is 8.41. The smallest absolute Gasteiger partial charge is 0.191 e. The number of rotatable bonds is 6. The predicted octanol–water partition coefficient (Wildman–Crippen LogP) is 3.71. The van der Waals surface area contributed by atoms with Crippen molar-refractivity contribution in [1.82, 2.24) is 10.6 Å². The SMILES string of the molecule is CCNC(=NCc1cccc(C)c1)NCC(O)c1ccc(C)cc1.I. The van der Waals surface area contributed by atoms with Gasteiger partial charge in [-0.05, 0) is 31.9 Å². The number of benzene rings is 2. The van der Waals surface area contributed by atoms with Gasteiger partial charge in [0.2, 0.25) is 0 Å². The van der Waals surface area contributed by atoms with Gasteiger partial charge in [-0.25, -0.2) is 4.99 Å². The lowest BCUT2D eigenvalue weighted by Gasteiger charge is -2.16. The highest BCUT2D eigenvalue weighted by atomic mass is 127. The van der Waals surface area contributed by atoms with Crippen molar-refractivity contribution in [2.45, 2.75) is 33.4 Å². The summed E-state index contributed by atoms with van der Waals surface area (Å²) in [5.74, 6) is 0.713. The summed E-state index contributed by atoms with van der Waals surface area (Å²) in [6.07, 6.45) is -0.562. The first-order valence-electron chi connectivity index (χ1n) is 8.41. The molecule has 2 aromatic carbocycles. The molecule has 0 aliphatic carbocycles. The summed E-state index contributed by atoms with van der Waals surface area (Å²) < 4.78 is 0. The maximum atomic E-state index is 10.3. The minimum absolute atomic E-state index is 0. The van der Waals surface area contributed by atoms with Gasteiger partial charge in [0.25, 0.3) is 0 Å². The molecule has 0 aliphatic rings. The molecule has 0 heterocycles. The summed E-state index contributed by atoms with van der Waals surface area (Å²) >= 11 is 0. The average molecular weight is 453 g/mol. The van der Waals surface area contributed by atoms with Crippen LogP contribution in [0, 0.1) is 13.8 Å². The fourth-order valence-electron chi connectivity index (χ4n) is 2.42. The molecule has 1 unspecified atom stereocenters. The Kier molecular flexibility index (Phi) is 9.52. The van der Waals surface area contributed by atoms with Gasteiger partial charge in [0.1, 0.15) is 0 Å². The second-order valence-corrected chi connectivity index (χ2v) is 5.99. The van der Waals surface area contributed by atoms with Crippen molar-refractivity contribution in [2.24, 2.45) is 4.99 Å². The molecule has 0 radical (unpaired) electrons. The van der Waals surface area contributed by atoms with Crippen LogP contribution in [0.5, 0.6) is 0 Å². The number of guanidine groups is 1. The lowest BCUT2D eigenvalue weighted by atomic mass is 10.1. The monoisotopic (exact) mass is 453 g/mol. The van der Waals surface area contributed by atoms with Gasteiger partial charge < -0.3 is 15.7 Å². The fraction of sp³-hybridized carbons (Fsp3) is 0.350. The maximum Gasteiger partial charge on any atom is 0.191 e. The molecule has 0 spiro atoms. The molecular formula is C20H28IN3O. The van der Waals surface area contributed by atoms with Crippen LogP contribution in [0.3, 0.4) is 0 Å². The lowest BCUT2D eigenvalue weighted by molar-refractivity contribution is 0.181. The van der Waals surface area contributed by atoms with E-state index in [-0.39, 0.29) is 24.0 Å². The third-order valence-electron chi connectivity index (χ3n) is 3.77. The van der Waals surface area contributed by atoms with E-state index in [2.05, 4.69) is 40.7 Å². The average Bonchev–Trinajstić information content (AvgIpc) is 2.58. The topological polar surface area (TPSA) is 56.7 Å². The van der Waals surface area contributed by atoms with Crippen molar-refractivity contribution in [3.05, 3.63) is 70.8 Å². The van der Waals surface area contributed by atoms with E-state index in [1.54, 1.807) is 0 Å². The summed E-state index contributed by atoms with van der Waals surface area (Å²) in [6, 6.07) is 16.3. The third-order valence-corrected chi connectivity index (χ3v) is 3.77. The zero-order valence-electron chi connectivity index (χ0n) is 15.1. The van der Waals surface area contributed by atoms with E-state index in [1.165, 1.54) is 16.7 Å². The molecule has 5 heteroatoms. The maximum absolute atomic E-state index is 10.3. The van der Waals surface area contributed by atoms with E-state index in [4.69, 9.17) is 0 Å². The largest absolute Gasteiger partial charge is 0.387 e. The highest BCUT2D eigenvalue weighted by Crippen LogP contribution is 2.12. The molecular weight excluding hydrogens is 425 g/mol. The van der Waals surface area contributed by atoms with Gasteiger partial charge in [0.15, 0.2) is 5.96 Å². The van der Waals surface area contributed by atoms with E-state index < -0.39 is 6.10 Å². The fourth-order valence-corrected chi connectivity index (χ4v) is 2.42. The summed E-state index contributed by atoms with van der Waals surface area (Å²) in [6.45, 7) is 7.95. The number of aliphatic hydroxyl groups excluding tert-OH is 1. The van der Waals surface area contributed by atoms with Crippen LogP contribution in [0.4, 0.5) is 0 Å². The number of aliphatic hydroxyl groups is 1. The second-order valence-electron chi connectivity index (χ2n) is 5.99. The molecule has 4 nitrogen and oxygen atoms in total. The molecule has 0 bridgehead atoms. The van der Waals surface area contributed by atoms with Crippen LogP contribution in [0.25, 0.3) is 0 Å². The van der Waals surface area contributed by atoms with Crippen molar-refractivity contribution < 1.29 is 5.11 Å². The van der Waals surface area contributed by atoms with Crippen LogP contribution in [0.15, 0.2) is 53.5 Å². The van der Waals surface area contributed by atoms with Crippen LogP contribution >= 0.6 is 24.0 Å². The van der Waals surface area contributed by atoms with Gasteiger partial charge in [0, 0.05) is 13.1 Å². The molecule has 0 aliphatic heterocycles. The summed E-state index contributed by atoms with van der Waals surface area (Å²) in [5.41, 5.74) is 4.50. The standard InChI is InChI=1S/C20H27N3O.HI/c1-4-21-20(22-13-17-7-5-6-16(3)12-17)23-14-19(24)18-10-8-15(2)9-11-18;/h5-12,19,24H,4,13-14H2,1-3H3,(H2,21,22,23);1H. The first-order chi connectivity index (χ1) is 11.6. The third kappa shape index (κ3) is 7.44. The van der Waals surface area contributed by atoms with Gasteiger partial charge in [-0.3, -0.25) is 0 Å². The van der Waals surface area contributed by atoms with Crippen LogP contribution < -0.4 is 10.6 Å². The molecule has 0 aromatic heterocycles. The van der Waals surface area contributed by atoms with E-state index in [0.717, 1.165) is 12.1 Å². The molecule has 2 aromatic rings. The Morgan fingerprint density at radius 2 is 1.76 bits per heavy atom. The minimum atomic E-state index is -0.562. The van der Waals surface area contributed by atoms with Gasteiger partial charge in [-0.15, -0.1) is 24.0 Å². The molecule has 136 valence electrons. The molecule has 3 N–H and O–H groups in total. The van der Waals surface area contributed by atoms with E-state index >= 15 is 0 Å². The normalized spacial score (nSPS) is 12.2. The van der Waals surface area contributed by atoms with Crippen LogP contribution in [-0.4, -0.2) is 24.2 Å². The van der Waals surface area contributed by atoms with Crippen LogP contribution in [0.1, 0.15) is 35.3 Å². The Morgan fingerprint density at radius 3 is 2.40 bits per heavy atom. The van der Waals surface area contributed by atoms with Gasteiger partial charge in [-0.1, -0.05) is 59.7 Å². The zero-order chi connectivity index (χ0) is 17.4. The van der Waals surface area contributed by atoms with Crippen LogP contribution in [0.2, 0.25) is 0 Å². The predicted molar refractivity (Wildman–Crippen MR) is 116 cm³/mol. The summed E-state index contributed by atoms with van der Waals surface area (Å²) in [5, 5.41) is 16.7. The Bertz CT molecular complexity index is 671. The molecule has 1 atom stereocenters. The molecule has 2 rings (SSSR count). The second kappa shape index (κ2) is 11.1. The number of nitrogens with zero attached hydrogens (tertiary/aromatic N) is 1. The number of aryl methyl sites for hydroxylation is 2. The molecule has 0 saturated heterocycles. The molecule has 25 heavy (non-hydrogen) atoms. The van der Waals surface area contributed by atoms with Crippen molar-refractivity contribution in [3.63, 3.8) is 0 Å². The van der Waals surface area contributed by atoms with Gasteiger partial charge >= 0.3 is 0 Å². The Labute approximate surface area is 167 Å². The number of nitrogens with one attached hydrogen (secondary N) is 2. The number of hydrogen-bond donors (Lipinski definition) is 3. The van der Waals surface area contributed by atoms with Crippen molar-refractivity contribution in [2.75, 3.05) is 13.1 Å². The summed E-state index contributed by atoms with van der Waals surface area (Å²) in [7, 11) is 0. The van der Waals surface area contributed by atoms with E-state index in [9.17, 15) is 5.11 Å². The number of halogens is 1. The van der Waals surface area contributed by atoms with E-state index in [0.29, 0.717) is 19.0 Å². The van der Waals surface area contributed by atoms with Crippen molar-refractivity contribution >= 4 is 29.9 Å². The Hall–Kier alpha value is -1.60. The van der Waals surface area contributed by atoms with Crippen molar-refractivity contribution in [3.8, 4) is 0 Å². The molecule has 0 amide bonds. The number of aliphatic imine (C=N–C) groups is 1. The summed E-state index contributed by atoms with van der Waals surface area (Å²) in [4.78, 5) is 4.59. The quantitative estimate of drug-likeness (QED) is 0.355. The van der Waals surface area contributed by atoms with Crippen LogP contribution in [-0.2, 0) is 6.54 Å². The van der Waals surface area contributed by atoms with E-state index in [1.807, 2.05) is 44.2 Å². The first kappa shape index (κ1) is 21.4. The minimum Gasteiger partial charge on any atom is -0.387 e. The van der Waals surface area contributed by atoms with Crippen molar-refractivity contribution in [1.29, 1.82) is 0 Å². The molecule has 0 fully saturated rings. The highest BCUT2D eigenvalue weighted by molar-refractivity contribution is 14.0. The van der Waals surface area contributed by atoms with Gasteiger partial charge in [-0.2, -0.15) is 0 Å². The molecule has 0 saturated carbocycles. The highest BCUT2D eigenvalue weighted by Gasteiger charge is 2.08. The lowest BCUT2D eigenvalue weighted by Crippen LogP contribution is -2.39. The zero-order valence-corrected chi connectivity index (χ0v) is 17.5.